The van der Waals surface area contributed by atoms with Crippen molar-refractivity contribution < 1.29 is 29.3 Å². The Morgan fingerprint density at radius 3 is 2.41 bits per heavy atom. The summed E-state index contributed by atoms with van der Waals surface area (Å²) in [5.41, 5.74) is 1.27. The van der Waals surface area contributed by atoms with E-state index in [-0.39, 0.29) is 5.41 Å². The maximum absolute atomic E-state index is 12.4. The summed E-state index contributed by atoms with van der Waals surface area (Å²) in [5.74, 6) is 0.214. The summed E-state index contributed by atoms with van der Waals surface area (Å²) in [5, 5.41) is 28.0. The first kappa shape index (κ1) is 29.0. The van der Waals surface area contributed by atoms with Crippen LogP contribution >= 0.6 is 11.8 Å². The van der Waals surface area contributed by atoms with Crippen LogP contribution in [-0.4, -0.2) is 68.4 Å². The molecule has 0 aromatic carbocycles. The summed E-state index contributed by atoms with van der Waals surface area (Å²) >= 11 is 2.28. The number of aliphatic carboxylic acids is 2. The van der Waals surface area contributed by atoms with Gasteiger partial charge in [-0.25, -0.2) is 9.59 Å². The summed E-state index contributed by atoms with van der Waals surface area (Å²) in [6, 6.07) is 2.15. The lowest BCUT2D eigenvalue weighted by atomic mass is 9.43. The van der Waals surface area contributed by atoms with Gasteiger partial charge in [0.1, 0.15) is 0 Å². The van der Waals surface area contributed by atoms with Crippen LogP contribution in [-0.2, 0) is 9.59 Å². The van der Waals surface area contributed by atoms with Gasteiger partial charge in [0.2, 0.25) is 0 Å². The number of aliphatic hydroxyl groups is 1. The Labute approximate surface area is 237 Å². The molecule has 8 heteroatoms. The van der Waals surface area contributed by atoms with E-state index < -0.39 is 17.5 Å². The van der Waals surface area contributed by atoms with E-state index in [4.69, 9.17) is 24.2 Å². The number of rotatable bonds is 5. The molecule has 0 amide bonds. The molecule has 2 heterocycles. The van der Waals surface area contributed by atoms with Crippen LogP contribution < -0.4 is 0 Å². The summed E-state index contributed by atoms with van der Waals surface area (Å²) in [7, 11) is 0. The molecule has 0 radical (unpaired) electrons. The van der Waals surface area contributed by atoms with Gasteiger partial charge in [0, 0.05) is 23.0 Å². The largest absolute Gasteiger partial charge is 0.473 e. The average Bonchev–Trinajstić information content (AvgIpc) is 3.66. The predicted molar refractivity (Wildman–Crippen MR) is 152 cm³/mol. The van der Waals surface area contributed by atoms with Gasteiger partial charge in [-0.2, -0.15) is 11.8 Å². The Morgan fingerprint density at radius 1 is 1.00 bits per heavy atom. The second-order valence-corrected chi connectivity index (χ2v) is 14.9. The van der Waals surface area contributed by atoms with E-state index >= 15 is 0 Å². The van der Waals surface area contributed by atoms with Crippen molar-refractivity contribution in [3.8, 4) is 0 Å². The van der Waals surface area contributed by atoms with Gasteiger partial charge in [-0.1, -0.05) is 13.8 Å². The molecule has 5 aliphatic rings. The molecule has 0 bridgehead atoms. The zero-order valence-electron chi connectivity index (χ0n) is 23.6. The van der Waals surface area contributed by atoms with E-state index in [1.54, 1.807) is 0 Å². The Morgan fingerprint density at radius 2 is 1.74 bits per heavy atom. The summed E-state index contributed by atoms with van der Waals surface area (Å²) in [6.07, 6.45) is 18.0. The van der Waals surface area contributed by atoms with Crippen LogP contribution in [0.1, 0.15) is 96.0 Å². The van der Waals surface area contributed by atoms with Gasteiger partial charge in [-0.15, -0.1) is 0 Å². The van der Waals surface area contributed by atoms with Crippen LogP contribution in [0.3, 0.4) is 0 Å². The van der Waals surface area contributed by atoms with Crippen molar-refractivity contribution in [1.82, 2.24) is 4.90 Å². The highest BCUT2D eigenvalue weighted by Crippen LogP contribution is 2.70. The number of carboxylic acids is 2. The van der Waals surface area contributed by atoms with E-state index in [1.165, 1.54) is 88.7 Å². The van der Waals surface area contributed by atoms with E-state index in [0.717, 1.165) is 24.0 Å². The molecule has 0 spiro atoms. The van der Waals surface area contributed by atoms with Gasteiger partial charge in [-0.05, 0) is 124 Å². The average molecular weight is 562 g/mol. The van der Waals surface area contributed by atoms with Gasteiger partial charge >= 0.3 is 11.9 Å². The second-order valence-electron chi connectivity index (χ2n) is 13.4. The van der Waals surface area contributed by atoms with Crippen LogP contribution in [0.25, 0.3) is 0 Å². The zero-order valence-corrected chi connectivity index (χ0v) is 24.5. The van der Waals surface area contributed by atoms with Crippen molar-refractivity contribution >= 4 is 23.7 Å². The third-order valence-corrected chi connectivity index (χ3v) is 13.2. The normalized spacial score (nSPS) is 41.6. The Kier molecular flexibility index (Phi) is 8.48. The minimum absolute atomic E-state index is 0.00383. The highest BCUT2D eigenvalue weighted by molar-refractivity contribution is 7.99. The Bertz CT molecular complexity index is 999. The van der Waals surface area contributed by atoms with Crippen LogP contribution in [0.15, 0.2) is 23.0 Å². The number of hydrogen-bond donors (Lipinski definition) is 3. The number of fused-ring (bicyclic) bond motifs is 5. The van der Waals surface area contributed by atoms with Crippen molar-refractivity contribution in [3.05, 3.63) is 24.2 Å². The van der Waals surface area contributed by atoms with Crippen molar-refractivity contribution in [2.24, 2.45) is 28.6 Å². The number of thioether (sulfide) groups is 1. The fraction of sp³-hybridized carbons (Fsp3) is 0.806. The smallest absolute Gasteiger partial charge is 0.414 e. The molecule has 39 heavy (non-hydrogen) atoms. The number of nitrogens with zero attached hydrogens (tertiary/aromatic N) is 1. The van der Waals surface area contributed by atoms with E-state index in [1.807, 2.05) is 12.5 Å². The molecule has 218 valence electrons. The first-order valence-corrected chi connectivity index (χ1v) is 16.2. The van der Waals surface area contributed by atoms with Crippen LogP contribution in [0.4, 0.5) is 0 Å². The SMILES string of the molecule is C[C@]12CC[C@H](SCCN3CCCC3)C[C@@H]1CC[C@@H]1[C@@H]2CC[C@]2(C)[C@@H](c3ccoc3)CC[C@]12O.O=C(O)C(=O)O. The van der Waals surface area contributed by atoms with Crippen LogP contribution in [0.5, 0.6) is 0 Å². The highest BCUT2D eigenvalue weighted by atomic mass is 32.2. The molecule has 0 unspecified atom stereocenters. The van der Waals surface area contributed by atoms with E-state index in [2.05, 4.69) is 36.6 Å². The van der Waals surface area contributed by atoms with Crippen molar-refractivity contribution in [2.75, 3.05) is 25.4 Å². The second kappa shape index (κ2) is 11.4. The van der Waals surface area contributed by atoms with Crippen molar-refractivity contribution in [2.45, 2.75) is 101 Å². The fourth-order valence-electron chi connectivity index (χ4n) is 9.70. The minimum Gasteiger partial charge on any atom is -0.473 e. The lowest BCUT2D eigenvalue weighted by molar-refractivity contribution is -0.200. The molecule has 3 N–H and O–H groups in total. The Balaban J connectivity index is 0.000000465. The molecule has 1 aromatic rings. The summed E-state index contributed by atoms with van der Waals surface area (Å²) in [6.45, 7) is 9.01. The van der Waals surface area contributed by atoms with Gasteiger partial charge in [0.25, 0.3) is 0 Å². The molecule has 7 nitrogen and oxygen atoms in total. The van der Waals surface area contributed by atoms with Gasteiger partial charge < -0.3 is 24.6 Å². The topological polar surface area (TPSA) is 111 Å². The quantitative estimate of drug-likeness (QED) is 0.383. The van der Waals surface area contributed by atoms with Crippen LogP contribution in [0, 0.1) is 28.6 Å². The van der Waals surface area contributed by atoms with Gasteiger partial charge in [-0.3, -0.25) is 0 Å². The molecule has 6 rings (SSSR count). The molecule has 1 saturated heterocycles. The van der Waals surface area contributed by atoms with Gasteiger partial charge in [0.05, 0.1) is 18.1 Å². The van der Waals surface area contributed by atoms with E-state index in [0.29, 0.717) is 23.2 Å². The van der Waals surface area contributed by atoms with Crippen LogP contribution in [0.2, 0.25) is 0 Å². The summed E-state index contributed by atoms with van der Waals surface area (Å²) < 4.78 is 5.46. The number of carboxylic acid groups (broad SMARTS) is 2. The molecule has 1 aliphatic heterocycles. The van der Waals surface area contributed by atoms with E-state index in [9.17, 15) is 5.11 Å². The predicted octanol–water partition coefficient (Wildman–Crippen LogP) is 5.87. The number of hydrogen-bond acceptors (Lipinski definition) is 6. The lowest BCUT2D eigenvalue weighted by Gasteiger charge is -2.63. The molecule has 4 saturated carbocycles. The maximum Gasteiger partial charge on any atom is 0.414 e. The third-order valence-electron chi connectivity index (χ3n) is 11.9. The molecule has 4 aliphatic carbocycles. The third kappa shape index (κ3) is 5.30. The first-order chi connectivity index (χ1) is 18.6. The lowest BCUT2D eigenvalue weighted by Crippen LogP contribution is -2.61. The first-order valence-electron chi connectivity index (χ1n) is 15.1. The fourth-order valence-corrected chi connectivity index (χ4v) is 11.0. The van der Waals surface area contributed by atoms with Gasteiger partial charge in [0.15, 0.2) is 0 Å². The van der Waals surface area contributed by atoms with Crippen molar-refractivity contribution in [3.63, 3.8) is 0 Å². The highest BCUT2D eigenvalue weighted by Gasteiger charge is 2.67. The number of carbonyl (C=O) groups is 2. The minimum atomic E-state index is -1.82. The molecule has 8 atom stereocenters. The summed E-state index contributed by atoms with van der Waals surface area (Å²) in [4.78, 5) is 20.9. The molecule has 1 aromatic heterocycles. The molecule has 5 fully saturated rings. The monoisotopic (exact) mass is 561 g/mol. The standard InChI is InChI=1S/C29H45NO2S.C2H2O4/c1-27-11-7-23(33-18-16-30-14-3-4-15-30)19-22(27)5-6-26-25(27)8-12-28(2)24(9-13-29(26,28)31)21-10-17-32-20-21;3-1(4)2(5)6/h10,17,20,22-26,31H,3-9,11-16,18-19H2,1-2H3;(H,3,4)(H,5,6)/t22-,23-,24+,25-,26+,27-,28+,29-;/m0./s1. The van der Waals surface area contributed by atoms with Crippen molar-refractivity contribution in [1.29, 1.82) is 0 Å². The Hall–Kier alpha value is -1.51. The molecular weight excluding hydrogens is 514 g/mol. The number of furan rings is 1. The number of likely N-dealkylation sites (tertiary alicyclic amines) is 1. The molecular formula is C31H47NO6S. The maximum atomic E-state index is 12.4. The zero-order chi connectivity index (χ0) is 27.8.